The van der Waals surface area contributed by atoms with Gasteiger partial charge in [-0.2, -0.15) is 4.98 Å². The van der Waals surface area contributed by atoms with Crippen LogP contribution in [0, 0.1) is 13.8 Å². The highest BCUT2D eigenvalue weighted by molar-refractivity contribution is 5.38. The predicted octanol–water partition coefficient (Wildman–Crippen LogP) is 3.00. The molecule has 0 bridgehead atoms. The number of anilines is 1. The quantitative estimate of drug-likeness (QED) is 0.906. The Bertz CT molecular complexity index is 579. The molecule has 0 aliphatic heterocycles. The van der Waals surface area contributed by atoms with Gasteiger partial charge in [-0.25, -0.2) is 4.98 Å². The second kappa shape index (κ2) is 6.34. The largest absolute Gasteiger partial charge is 0.439 e. The van der Waals surface area contributed by atoms with Crippen molar-refractivity contribution >= 4 is 5.82 Å². The molecule has 0 saturated carbocycles. The minimum Gasteiger partial charge on any atom is -0.439 e. The molecule has 0 amide bonds. The van der Waals surface area contributed by atoms with Crippen molar-refractivity contribution in [2.24, 2.45) is 0 Å². The second-order valence-electron chi connectivity index (χ2n) is 4.61. The topological polar surface area (TPSA) is 70.3 Å². The summed E-state index contributed by atoms with van der Waals surface area (Å²) < 4.78 is 11.0. The minimum absolute atomic E-state index is 0.324. The molecule has 1 aromatic carbocycles. The molecule has 0 aliphatic rings. The van der Waals surface area contributed by atoms with Crippen molar-refractivity contribution in [2.75, 3.05) is 12.3 Å². The number of ether oxygens (including phenoxy) is 2. The number of benzene rings is 1. The van der Waals surface area contributed by atoms with Crippen molar-refractivity contribution in [3.63, 3.8) is 0 Å². The molecule has 0 fully saturated rings. The fourth-order valence-corrected chi connectivity index (χ4v) is 1.92. The van der Waals surface area contributed by atoms with E-state index in [4.69, 9.17) is 15.2 Å². The first kappa shape index (κ1) is 14.3. The summed E-state index contributed by atoms with van der Waals surface area (Å²) in [5.41, 5.74) is 8.03. The summed E-state index contributed by atoms with van der Waals surface area (Å²) in [5, 5.41) is 0. The van der Waals surface area contributed by atoms with Gasteiger partial charge in [-0.1, -0.05) is 6.07 Å². The van der Waals surface area contributed by atoms with Gasteiger partial charge >= 0.3 is 0 Å². The van der Waals surface area contributed by atoms with Crippen LogP contribution in [0.4, 0.5) is 5.82 Å². The molecule has 0 spiro atoms. The zero-order chi connectivity index (χ0) is 14.5. The lowest BCUT2D eigenvalue weighted by molar-refractivity contribution is 0.128. The third-order valence-corrected chi connectivity index (χ3v) is 2.62. The van der Waals surface area contributed by atoms with Crippen LogP contribution >= 0.6 is 0 Å². The van der Waals surface area contributed by atoms with E-state index in [0.29, 0.717) is 30.7 Å². The lowest BCUT2D eigenvalue weighted by Crippen LogP contribution is -2.03. The number of nitrogens with zero attached hydrogens (tertiary/aromatic N) is 2. The Morgan fingerprint density at radius 1 is 1.05 bits per heavy atom. The maximum absolute atomic E-state index is 5.76. The zero-order valence-corrected chi connectivity index (χ0v) is 12.0. The Balaban J connectivity index is 2.21. The molecule has 0 atom stereocenters. The van der Waals surface area contributed by atoms with E-state index in [0.717, 1.165) is 16.9 Å². The number of aryl methyl sites for hydroxylation is 2. The molecule has 0 radical (unpaired) electrons. The molecule has 1 aromatic heterocycles. The standard InChI is InChI=1S/C15H19N3O2/c1-4-19-9-14-17-13(16)8-15(18-14)20-12-6-10(2)5-11(3)7-12/h5-8H,4,9H2,1-3H3,(H2,16,17,18). The molecule has 5 nitrogen and oxygen atoms in total. The van der Waals surface area contributed by atoms with Gasteiger partial charge in [0.2, 0.25) is 5.88 Å². The first-order valence-electron chi connectivity index (χ1n) is 6.54. The van der Waals surface area contributed by atoms with Crippen LogP contribution in [0.1, 0.15) is 23.9 Å². The van der Waals surface area contributed by atoms with Crippen molar-refractivity contribution in [2.45, 2.75) is 27.4 Å². The molecule has 0 aliphatic carbocycles. The fourth-order valence-electron chi connectivity index (χ4n) is 1.92. The highest BCUT2D eigenvalue weighted by Gasteiger charge is 2.06. The summed E-state index contributed by atoms with van der Waals surface area (Å²) in [4.78, 5) is 8.40. The Kier molecular flexibility index (Phi) is 4.53. The lowest BCUT2D eigenvalue weighted by Gasteiger charge is -2.09. The molecular formula is C15H19N3O2. The van der Waals surface area contributed by atoms with Crippen molar-refractivity contribution < 1.29 is 9.47 Å². The van der Waals surface area contributed by atoms with Crippen molar-refractivity contribution in [1.29, 1.82) is 0 Å². The van der Waals surface area contributed by atoms with E-state index in [2.05, 4.69) is 16.0 Å². The Labute approximate surface area is 118 Å². The smallest absolute Gasteiger partial charge is 0.224 e. The van der Waals surface area contributed by atoms with Gasteiger partial charge in [0.05, 0.1) is 0 Å². The van der Waals surface area contributed by atoms with E-state index in [1.54, 1.807) is 6.07 Å². The Morgan fingerprint density at radius 3 is 2.40 bits per heavy atom. The molecule has 5 heteroatoms. The number of rotatable bonds is 5. The molecule has 1 heterocycles. The van der Waals surface area contributed by atoms with E-state index >= 15 is 0 Å². The highest BCUT2D eigenvalue weighted by Crippen LogP contribution is 2.23. The van der Waals surface area contributed by atoms with E-state index in [1.807, 2.05) is 32.9 Å². The lowest BCUT2D eigenvalue weighted by atomic mass is 10.1. The predicted molar refractivity (Wildman–Crippen MR) is 77.8 cm³/mol. The molecule has 0 unspecified atom stereocenters. The maximum Gasteiger partial charge on any atom is 0.224 e. The van der Waals surface area contributed by atoms with Gasteiger partial charge in [0, 0.05) is 12.7 Å². The van der Waals surface area contributed by atoms with Gasteiger partial charge in [0.25, 0.3) is 0 Å². The van der Waals surface area contributed by atoms with Crippen molar-refractivity contribution in [3.05, 3.63) is 41.2 Å². The number of aromatic nitrogens is 2. The molecule has 2 aromatic rings. The van der Waals surface area contributed by atoms with Gasteiger partial charge < -0.3 is 15.2 Å². The third kappa shape index (κ3) is 3.93. The summed E-state index contributed by atoms with van der Waals surface area (Å²) in [5.74, 6) is 2.06. The van der Waals surface area contributed by atoms with Crippen molar-refractivity contribution in [3.8, 4) is 11.6 Å². The van der Waals surface area contributed by atoms with Crippen LogP contribution in [0.5, 0.6) is 11.6 Å². The van der Waals surface area contributed by atoms with Crippen LogP contribution in [-0.4, -0.2) is 16.6 Å². The molecule has 20 heavy (non-hydrogen) atoms. The summed E-state index contributed by atoms with van der Waals surface area (Å²) in [6, 6.07) is 7.59. The monoisotopic (exact) mass is 273 g/mol. The minimum atomic E-state index is 0.324. The first-order chi connectivity index (χ1) is 9.56. The van der Waals surface area contributed by atoms with Gasteiger partial charge in [0.15, 0.2) is 5.82 Å². The number of nitrogens with two attached hydrogens (primary N) is 1. The average Bonchev–Trinajstić information content (AvgIpc) is 2.34. The van der Waals surface area contributed by atoms with E-state index in [1.165, 1.54) is 0 Å². The Hall–Kier alpha value is -2.14. The molecule has 0 saturated heterocycles. The summed E-state index contributed by atoms with van der Waals surface area (Å²) in [6.45, 7) is 6.89. The maximum atomic E-state index is 5.76. The van der Waals surface area contributed by atoms with Gasteiger partial charge in [-0.15, -0.1) is 0 Å². The fraction of sp³-hybridized carbons (Fsp3) is 0.333. The van der Waals surface area contributed by atoms with Crippen molar-refractivity contribution in [1.82, 2.24) is 9.97 Å². The highest BCUT2D eigenvalue weighted by atomic mass is 16.5. The number of hydrogen-bond donors (Lipinski definition) is 1. The van der Waals surface area contributed by atoms with Crippen LogP contribution in [0.2, 0.25) is 0 Å². The number of hydrogen-bond acceptors (Lipinski definition) is 5. The number of nitrogen functional groups attached to an aromatic ring is 1. The van der Waals surface area contributed by atoms with Crippen LogP contribution in [-0.2, 0) is 11.3 Å². The summed E-state index contributed by atoms with van der Waals surface area (Å²) in [6.07, 6.45) is 0. The third-order valence-electron chi connectivity index (χ3n) is 2.62. The van der Waals surface area contributed by atoms with Crippen LogP contribution in [0.15, 0.2) is 24.3 Å². The summed E-state index contributed by atoms with van der Waals surface area (Å²) >= 11 is 0. The molecule has 2 N–H and O–H groups in total. The first-order valence-corrected chi connectivity index (χ1v) is 6.54. The van der Waals surface area contributed by atoms with Gasteiger partial charge in [-0.3, -0.25) is 0 Å². The normalized spacial score (nSPS) is 10.6. The molecular weight excluding hydrogens is 254 g/mol. The Morgan fingerprint density at radius 2 is 1.75 bits per heavy atom. The SMILES string of the molecule is CCOCc1nc(N)cc(Oc2cc(C)cc(C)c2)n1. The van der Waals surface area contributed by atoms with Gasteiger partial charge in [0.1, 0.15) is 18.2 Å². The molecule has 106 valence electrons. The van der Waals surface area contributed by atoms with Crippen LogP contribution in [0.25, 0.3) is 0 Å². The molecule has 2 rings (SSSR count). The van der Waals surface area contributed by atoms with E-state index in [-0.39, 0.29) is 0 Å². The average molecular weight is 273 g/mol. The van der Waals surface area contributed by atoms with E-state index < -0.39 is 0 Å². The van der Waals surface area contributed by atoms with Crippen LogP contribution in [0.3, 0.4) is 0 Å². The summed E-state index contributed by atoms with van der Waals surface area (Å²) in [7, 11) is 0. The second-order valence-corrected chi connectivity index (χ2v) is 4.61. The van der Waals surface area contributed by atoms with Gasteiger partial charge in [-0.05, 0) is 44.0 Å². The zero-order valence-electron chi connectivity index (χ0n) is 12.0. The van der Waals surface area contributed by atoms with E-state index in [9.17, 15) is 0 Å². The van der Waals surface area contributed by atoms with Crippen LogP contribution < -0.4 is 10.5 Å².